The molecule has 1 aliphatic carbocycles. The Kier molecular flexibility index (Phi) is 2.20. The first kappa shape index (κ1) is 11.3. The van der Waals surface area contributed by atoms with E-state index in [0.29, 0.717) is 12.2 Å². The van der Waals surface area contributed by atoms with E-state index in [0.717, 1.165) is 0 Å². The van der Waals surface area contributed by atoms with Crippen molar-refractivity contribution in [2.45, 2.75) is 12.4 Å². The van der Waals surface area contributed by atoms with Crippen LogP contribution in [0.15, 0.2) is 24.3 Å². The number of benzene rings is 1. The minimum Gasteiger partial charge on any atom is -0.343 e. The Bertz CT molecular complexity index is 567. The van der Waals surface area contributed by atoms with E-state index >= 15 is 0 Å². The molecule has 5 heteroatoms. The summed E-state index contributed by atoms with van der Waals surface area (Å²) in [5.74, 6) is -1.26. The molecule has 19 heavy (non-hydrogen) atoms. The number of hydrogen-bond acceptors (Lipinski definition) is 4. The van der Waals surface area contributed by atoms with Crippen molar-refractivity contribution in [1.29, 1.82) is 0 Å². The quantitative estimate of drug-likeness (QED) is 0.751. The van der Waals surface area contributed by atoms with Crippen LogP contribution < -0.4 is 0 Å². The number of carbonyl (C=O) groups is 2. The molecule has 2 heterocycles. The molecule has 2 aliphatic heterocycles. The topological polar surface area (TPSA) is 52.6 Å². The van der Waals surface area contributed by atoms with Gasteiger partial charge in [-0.05, 0) is 24.3 Å². The van der Waals surface area contributed by atoms with Crippen LogP contribution in [0.25, 0.3) is 0 Å². The van der Waals surface area contributed by atoms with Gasteiger partial charge in [0.2, 0.25) is 6.29 Å². The zero-order valence-corrected chi connectivity index (χ0v) is 9.91. The summed E-state index contributed by atoms with van der Waals surface area (Å²) < 4.78 is 23.5. The standard InChI is InChI=1S/C14H11FO4/c15-7-3-1-6(2-4-7)12(16)10-9-8-5-18-14(19-8)13(17)11(9)10/h1-4,8-11,14H,5H2/t8?,9-,10-,11-,14?/m0/s1. The second-order valence-corrected chi connectivity index (χ2v) is 5.24. The van der Waals surface area contributed by atoms with Gasteiger partial charge in [-0.3, -0.25) is 9.59 Å². The predicted octanol–water partition coefficient (Wildman–Crippen LogP) is 1.19. The lowest BCUT2D eigenvalue weighted by Crippen LogP contribution is -2.30. The Morgan fingerprint density at radius 2 is 2.00 bits per heavy atom. The molecule has 3 aliphatic rings. The first-order valence-electron chi connectivity index (χ1n) is 6.27. The molecule has 0 aromatic heterocycles. The Labute approximate surface area is 108 Å². The molecule has 0 spiro atoms. The second-order valence-electron chi connectivity index (χ2n) is 5.24. The van der Waals surface area contributed by atoms with Crippen molar-refractivity contribution in [1.82, 2.24) is 0 Å². The maximum absolute atomic E-state index is 12.8. The van der Waals surface area contributed by atoms with E-state index in [1.54, 1.807) is 0 Å². The SMILES string of the molecule is O=C(c1ccc(F)cc1)[C@@H]1[C@H]2C(=O)C3OCC(O3)[C@@H]12. The molecule has 1 saturated carbocycles. The summed E-state index contributed by atoms with van der Waals surface area (Å²) in [7, 11) is 0. The lowest BCUT2D eigenvalue weighted by Gasteiger charge is -2.14. The number of ether oxygens (including phenoxy) is 2. The van der Waals surface area contributed by atoms with Gasteiger partial charge in [-0.1, -0.05) is 0 Å². The van der Waals surface area contributed by atoms with Crippen LogP contribution in [0, 0.1) is 23.6 Å². The molecule has 2 saturated heterocycles. The van der Waals surface area contributed by atoms with Crippen LogP contribution in [0.5, 0.6) is 0 Å². The van der Waals surface area contributed by atoms with Crippen molar-refractivity contribution >= 4 is 11.6 Å². The van der Waals surface area contributed by atoms with E-state index in [9.17, 15) is 14.0 Å². The number of carbonyl (C=O) groups excluding carboxylic acids is 2. The minimum absolute atomic E-state index is 0.0659. The summed E-state index contributed by atoms with van der Waals surface area (Å²) >= 11 is 0. The summed E-state index contributed by atoms with van der Waals surface area (Å²) in [6.45, 7) is 0.380. The summed E-state index contributed by atoms with van der Waals surface area (Å²) in [6.07, 6.45) is -0.931. The van der Waals surface area contributed by atoms with Crippen LogP contribution in [0.3, 0.4) is 0 Å². The molecule has 0 radical (unpaired) electrons. The van der Waals surface area contributed by atoms with E-state index in [1.807, 2.05) is 0 Å². The fourth-order valence-electron chi connectivity index (χ4n) is 3.24. The molecule has 2 bridgehead atoms. The van der Waals surface area contributed by atoms with Gasteiger partial charge < -0.3 is 9.47 Å². The minimum atomic E-state index is -0.780. The maximum Gasteiger partial charge on any atom is 0.218 e. The molecule has 5 atom stereocenters. The zero-order valence-electron chi connectivity index (χ0n) is 9.91. The number of halogens is 1. The van der Waals surface area contributed by atoms with Gasteiger partial charge in [0.15, 0.2) is 11.6 Å². The third-order valence-corrected chi connectivity index (χ3v) is 4.21. The lowest BCUT2D eigenvalue weighted by atomic mass is 10.0. The Balaban J connectivity index is 1.60. The number of fused-ring (bicyclic) bond motifs is 4. The van der Waals surface area contributed by atoms with Crippen LogP contribution in [-0.4, -0.2) is 30.6 Å². The summed E-state index contributed by atoms with van der Waals surface area (Å²) in [5, 5.41) is 0. The van der Waals surface area contributed by atoms with Crippen LogP contribution in [0.2, 0.25) is 0 Å². The lowest BCUT2D eigenvalue weighted by molar-refractivity contribution is -0.153. The number of ketones is 2. The normalized spacial score (nSPS) is 39.0. The van der Waals surface area contributed by atoms with E-state index in [-0.39, 0.29) is 41.2 Å². The first-order chi connectivity index (χ1) is 9.16. The predicted molar refractivity (Wildman–Crippen MR) is 60.8 cm³/mol. The third kappa shape index (κ3) is 1.52. The Morgan fingerprint density at radius 1 is 1.26 bits per heavy atom. The van der Waals surface area contributed by atoms with Crippen LogP contribution in [-0.2, 0) is 14.3 Å². The van der Waals surface area contributed by atoms with Crippen molar-refractivity contribution in [2.24, 2.45) is 17.8 Å². The summed E-state index contributed by atoms with van der Waals surface area (Å²) in [5.41, 5.74) is 0.449. The molecule has 1 aromatic carbocycles. The van der Waals surface area contributed by atoms with Crippen LogP contribution >= 0.6 is 0 Å². The fourth-order valence-corrected chi connectivity index (χ4v) is 3.24. The molecule has 3 fully saturated rings. The van der Waals surface area contributed by atoms with Crippen molar-refractivity contribution in [3.8, 4) is 0 Å². The van der Waals surface area contributed by atoms with Crippen LogP contribution in [0.4, 0.5) is 4.39 Å². The highest BCUT2D eigenvalue weighted by Crippen LogP contribution is 2.57. The average Bonchev–Trinajstić information content (AvgIpc) is 3.02. The Hall–Kier alpha value is -1.59. The van der Waals surface area contributed by atoms with Gasteiger partial charge in [-0.2, -0.15) is 0 Å². The molecule has 2 unspecified atom stereocenters. The van der Waals surface area contributed by atoms with E-state index < -0.39 is 6.29 Å². The molecule has 4 rings (SSSR count). The molecular formula is C14H11FO4. The van der Waals surface area contributed by atoms with Gasteiger partial charge in [-0.15, -0.1) is 0 Å². The van der Waals surface area contributed by atoms with Gasteiger partial charge in [0, 0.05) is 23.3 Å². The van der Waals surface area contributed by atoms with E-state index in [4.69, 9.17) is 9.47 Å². The second kappa shape index (κ2) is 3.71. The largest absolute Gasteiger partial charge is 0.343 e. The fraction of sp³-hybridized carbons (Fsp3) is 0.429. The van der Waals surface area contributed by atoms with Crippen molar-refractivity contribution in [3.63, 3.8) is 0 Å². The summed E-state index contributed by atoms with van der Waals surface area (Å²) in [4.78, 5) is 24.3. The molecule has 1 aromatic rings. The number of Topliss-reactive ketones (excluding diaryl/α,β-unsaturated/α-hetero) is 2. The van der Waals surface area contributed by atoms with Crippen molar-refractivity contribution in [2.75, 3.05) is 6.61 Å². The van der Waals surface area contributed by atoms with Gasteiger partial charge in [0.05, 0.1) is 12.7 Å². The number of rotatable bonds is 2. The zero-order chi connectivity index (χ0) is 13.1. The van der Waals surface area contributed by atoms with E-state index in [1.165, 1.54) is 24.3 Å². The van der Waals surface area contributed by atoms with E-state index in [2.05, 4.69) is 0 Å². The molecule has 0 N–H and O–H groups in total. The van der Waals surface area contributed by atoms with Gasteiger partial charge >= 0.3 is 0 Å². The smallest absolute Gasteiger partial charge is 0.218 e. The molecule has 98 valence electrons. The highest BCUT2D eigenvalue weighted by atomic mass is 19.1. The Morgan fingerprint density at radius 3 is 2.74 bits per heavy atom. The maximum atomic E-state index is 12.8. The average molecular weight is 262 g/mol. The third-order valence-electron chi connectivity index (χ3n) is 4.21. The first-order valence-corrected chi connectivity index (χ1v) is 6.27. The molecular weight excluding hydrogens is 251 g/mol. The van der Waals surface area contributed by atoms with Crippen molar-refractivity contribution < 1.29 is 23.5 Å². The number of hydrogen-bond donors (Lipinski definition) is 0. The summed E-state index contributed by atoms with van der Waals surface area (Å²) in [6, 6.07) is 5.43. The molecule has 4 nitrogen and oxygen atoms in total. The van der Waals surface area contributed by atoms with Gasteiger partial charge in [-0.25, -0.2) is 4.39 Å². The van der Waals surface area contributed by atoms with Crippen molar-refractivity contribution in [3.05, 3.63) is 35.6 Å². The van der Waals surface area contributed by atoms with Gasteiger partial charge in [0.1, 0.15) is 5.82 Å². The molecule has 0 amide bonds. The monoisotopic (exact) mass is 262 g/mol. The van der Waals surface area contributed by atoms with Gasteiger partial charge in [0.25, 0.3) is 0 Å². The van der Waals surface area contributed by atoms with Crippen LogP contribution in [0.1, 0.15) is 10.4 Å². The highest BCUT2D eigenvalue weighted by molar-refractivity contribution is 6.05. The highest BCUT2D eigenvalue weighted by Gasteiger charge is 2.68.